The lowest BCUT2D eigenvalue weighted by Crippen LogP contribution is -2.30. The van der Waals surface area contributed by atoms with E-state index in [9.17, 15) is 9.59 Å². The highest BCUT2D eigenvalue weighted by atomic mass is 32.2. The van der Waals surface area contributed by atoms with Gasteiger partial charge in [0.15, 0.2) is 5.82 Å². The number of aromatic nitrogens is 1. The van der Waals surface area contributed by atoms with E-state index in [1.54, 1.807) is 19.9 Å². The number of hydrogen-bond acceptors (Lipinski definition) is 5. The van der Waals surface area contributed by atoms with E-state index in [-0.39, 0.29) is 28.9 Å². The van der Waals surface area contributed by atoms with E-state index < -0.39 is 0 Å². The molecule has 2 N–H and O–H groups in total. The van der Waals surface area contributed by atoms with Crippen molar-refractivity contribution in [2.24, 2.45) is 0 Å². The Morgan fingerprint density at radius 2 is 1.96 bits per heavy atom. The molecule has 0 spiro atoms. The predicted octanol–water partition coefficient (Wildman–Crippen LogP) is 2.92. The molecule has 2 unspecified atom stereocenters. The molecule has 0 aliphatic carbocycles. The highest BCUT2D eigenvalue weighted by molar-refractivity contribution is 8.01. The van der Waals surface area contributed by atoms with E-state index in [1.165, 1.54) is 11.8 Å². The molecular formula is C17H21N3O3S. The number of carbonyl (C=O) groups is 2. The lowest BCUT2D eigenvalue weighted by Gasteiger charge is -2.15. The van der Waals surface area contributed by atoms with Crippen molar-refractivity contribution in [1.29, 1.82) is 0 Å². The Morgan fingerprint density at radius 3 is 2.58 bits per heavy atom. The van der Waals surface area contributed by atoms with E-state index in [1.807, 2.05) is 37.3 Å². The minimum Gasteiger partial charge on any atom is -0.360 e. The van der Waals surface area contributed by atoms with E-state index in [0.29, 0.717) is 11.6 Å². The normalized spacial score (nSPS) is 13.1. The number of benzene rings is 1. The van der Waals surface area contributed by atoms with Gasteiger partial charge in [-0.3, -0.25) is 9.59 Å². The molecule has 0 bridgehead atoms. The standard InChI is InChI=1S/C17H21N3O3S/c1-11-9-15(20-23-11)19-17(22)13(3)24-10-16(21)18-12(2)14-7-5-4-6-8-14/h4-9,12-13H,10H2,1-3H3,(H,18,21)(H,19,20,22). The van der Waals surface area contributed by atoms with Gasteiger partial charge in [-0.25, -0.2) is 0 Å². The molecule has 128 valence electrons. The van der Waals surface area contributed by atoms with Crippen LogP contribution in [0.2, 0.25) is 0 Å². The molecule has 24 heavy (non-hydrogen) atoms. The monoisotopic (exact) mass is 347 g/mol. The van der Waals surface area contributed by atoms with Gasteiger partial charge in [0.25, 0.3) is 0 Å². The van der Waals surface area contributed by atoms with E-state index in [2.05, 4.69) is 15.8 Å². The Morgan fingerprint density at radius 1 is 1.25 bits per heavy atom. The second-order valence-corrected chi connectivity index (χ2v) is 6.79. The van der Waals surface area contributed by atoms with Crippen LogP contribution in [0.4, 0.5) is 5.82 Å². The molecule has 0 saturated carbocycles. The maximum atomic E-state index is 12.0. The summed E-state index contributed by atoms with van der Waals surface area (Å²) in [5.41, 5.74) is 1.04. The SMILES string of the molecule is Cc1cc(NC(=O)C(C)SCC(=O)NC(C)c2ccccc2)no1. The topological polar surface area (TPSA) is 84.2 Å². The van der Waals surface area contributed by atoms with E-state index >= 15 is 0 Å². The Labute approximate surface area is 145 Å². The van der Waals surface area contributed by atoms with Crippen LogP contribution in [0.5, 0.6) is 0 Å². The fourth-order valence-electron chi connectivity index (χ4n) is 2.04. The second-order valence-electron chi connectivity index (χ2n) is 5.47. The fraction of sp³-hybridized carbons (Fsp3) is 0.353. The summed E-state index contributed by atoms with van der Waals surface area (Å²) in [7, 11) is 0. The van der Waals surface area contributed by atoms with Gasteiger partial charge in [0, 0.05) is 6.07 Å². The van der Waals surface area contributed by atoms with Gasteiger partial charge in [-0.1, -0.05) is 35.5 Å². The number of aryl methyl sites for hydroxylation is 1. The molecule has 0 aliphatic heterocycles. The molecule has 1 heterocycles. The summed E-state index contributed by atoms with van der Waals surface area (Å²) >= 11 is 1.27. The van der Waals surface area contributed by atoms with Crippen LogP contribution in [0.15, 0.2) is 40.9 Å². The van der Waals surface area contributed by atoms with Crippen molar-refractivity contribution in [3.8, 4) is 0 Å². The van der Waals surface area contributed by atoms with Gasteiger partial charge in [0.05, 0.1) is 17.0 Å². The van der Waals surface area contributed by atoms with Crippen molar-refractivity contribution in [3.05, 3.63) is 47.7 Å². The van der Waals surface area contributed by atoms with Crippen LogP contribution in [0, 0.1) is 6.92 Å². The summed E-state index contributed by atoms with van der Waals surface area (Å²) in [5.74, 6) is 0.904. The number of carbonyl (C=O) groups excluding carboxylic acids is 2. The lowest BCUT2D eigenvalue weighted by molar-refractivity contribution is -0.119. The Hall–Kier alpha value is -2.28. The smallest absolute Gasteiger partial charge is 0.238 e. The number of thioether (sulfide) groups is 1. The second kappa shape index (κ2) is 8.54. The molecule has 2 rings (SSSR count). The van der Waals surface area contributed by atoms with Gasteiger partial charge in [-0.15, -0.1) is 11.8 Å². The molecule has 2 atom stereocenters. The van der Waals surface area contributed by atoms with Crippen molar-refractivity contribution in [1.82, 2.24) is 10.5 Å². The predicted molar refractivity (Wildman–Crippen MR) is 94.8 cm³/mol. The van der Waals surface area contributed by atoms with E-state index in [4.69, 9.17) is 4.52 Å². The third-order valence-electron chi connectivity index (χ3n) is 3.39. The van der Waals surface area contributed by atoms with Crippen LogP contribution in [0.3, 0.4) is 0 Å². The molecule has 0 saturated heterocycles. The van der Waals surface area contributed by atoms with Gasteiger partial charge in [0.2, 0.25) is 11.8 Å². The summed E-state index contributed by atoms with van der Waals surface area (Å²) in [4.78, 5) is 24.1. The van der Waals surface area contributed by atoms with Crippen molar-refractivity contribution < 1.29 is 14.1 Å². The molecule has 0 aliphatic rings. The Kier molecular flexibility index (Phi) is 6.43. The zero-order chi connectivity index (χ0) is 17.5. The first kappa shape index (κ1) is 18.1. The van der Waals surface area contributed by atoms with Gasteiger partial charge in [-0.05, 0) is 26.3 Å². The van der Waals surface area contributed by atoms with Gasteiger partial charge < -0.3 is 15.2 Å². The maximum absolute atomic E-state index is 12.0. The van der Waals surface area contributed by atoms with Gasteiger partial charge in [0.1, 0.15) is 5.76 Å². The summed E-state index contributed by atoms with van der Waals surface area (Å²) < 4.78 is 4.89. The van der Waals surface area contributed by atoms with Crippen LogP contribution in [0.1, 0.15) is 31.2 Å². The summed E-state index contributed by atoms with van der Waals surface area (Å²) in [6.07, 6.45) is 0. The first-order valence-electron chi connectivity index (χ1n) is 7.66. The zero-order valence-electron chi connectivity index (χ0n) is 13.9. The van der Waals surface area contributed by atoms with Crippen molar-refractivity contribution >= 4 is 29.4 Å². The Balaban J connectivity index is 1.75. The van der Waals surface area contributed by atoms with Crippen molar-refractivity contribution in [2.75, 3.05) is 11.1 Å². The van der Waals surface area contributed by atoms with Crippen LogP contribution < -0.4 is 10.6 Å². The van der Waals surface area contributed by atoms with Gasteiger partial charge in [-0.2, -0.15) is 0 Å². The number of amides is 2. The van der Waals surface area contributed by atoms with Crippen LogP contribution in [0.25, 0.3) is 0 Å². The third kappa shape index (κ3) is 5.42. The zero-order valence-corrected chi connectivity index (χ0v) is 14.7. The molecule has 7 heteroatoms. The van der Waals surface area contributed by atoms with Crippen molar-refractivity contribution in [3.63, 3.8) is 0 Å². The summed E-state index contributed by atoms with van der Waals surface area (Å²) in [6, 6.07) is 11.3. The lowest BCUT2D eigenvalue weighted by atomic mass is 10.1. The number of nitrogens with one attached hydrogen (secondary N) is 2. The van der Waals surface area contributed by atoms with Crippen LogP contribution in [-0.4, -0.2) is 28.0 Å². The number of rotatable bonds is 7. The average Bonchev–Trinajstić information content (AvgIpc) is 2.98. The largest absolute Gasteiger partial charge is 0.360 e. The number of anilines is 1. The van der Waals surface area contributed by atoms with Crippen molar-refractivity contribution in [2.45, 2.75) is 32.1 Å². The fourth-order valence-corrected chi connectivity index (χ4v) is 2.73. The maximum Gasteiger partial charge on any atom is 0.238 e. The highest BCUT2D eigenvalue weighted by Crippen LogP contribution is 2.15. The van der Waals surface area contributed by atoms with Crippen LogP contribution >= 0.6 is 11.8 Å². The molecule has 0 radical (unpaired) electrons. The third-order valence-corrected chi connectivity index (χ3v) is 4.53. The molecule has 6 nitrogen and oxygen atoms in total. The molecule has 1 aromatic carbocycles. The number of hydrogen-bond donors (Lipinski definition) is 2. The number of nitrogens with zero attached hydrogens (tertiary/aromatic N) is 1. The first-order chi connectivity index (χ1) is 11.5. The molecular weight excluding hydrogens is 326 g/mol. The summed E-state index contributed by atoms with van der Waals surface area (Å²) in [5, 5.41) is 8.92. The highest BCUT2D eigenvalue weighted by Gasteiger charge is 2.17. The summed E-state index contributed by atoms with van der Waals surface area (Å²) in [6.45, 7) is 5.43. The first-order valence-corrected chi connectivity index (χ1v) is 8.70. The van der Waals surface area contributed by atoms with E-state index in [0.717, 1.165) is 5.56 Å². The quantitative estimate of drug-likeness (QED) is 0.804. The Bertz CT molecular complexity index is 687. The van der Waals surface area contributed by atoms with Crippen LogP contribution in [-0.2, 0) is 9.59 Å². The molecule has 1 aromatic heterocycles. The van der Waals surface area contributed by atoms with Gasteiger partial charge >= 0.3 is 0 Å². The molecule has 2 aromatic rings. The minimum absolute atomic E-state index is 0.0680. The molecule has 0 fully saturated rings. The molecule has 2 amide bonds. The average molecular weight is 347 g/mol. The minimum atomic E-state index is -0.375.